The highest BCUT2D eigenvalue weighted by molar-refractivity contribution is 7.12. The number of hydrogen-bond acceptors (Lipinski definition) is 5. The first-order valence-electron chi connectivity index (χ1n) is 7.34. The average molecular weight is 342 g/mol. The number of rotatable bonds is 4. The Morgan fingerprint density at radius 1 is 1.46 bits per heavy atom. The summed E-state index contributed by atoms with van der Waals surface area (Å²) in [5.41, 5.74) is 2.41. The van der Waals surface area contributed by atoms with Crippen LogP contribution in [0.2, 0.25) is 0 Å². The molecule has 3 aromatic rings. The van der Waals surface area contributed by atoms with E-state index in [0.29, 0.717) is 28.9 Å². The van der Waals surface area contributed by atoms with Gasteiger partial charge in [-0.2, -0.15) is 10.4 Å². The van der Waals surface area contributed by atoms with E-state index >= 15 is 0 Å². The minimum absolute atomic E-state index is 0.395. The summed E-state index contributed by atoms with van der Waals surface area (Å²) in [6.07, 6.45) is 2.37. The Hall–Kier alpha value is -2.56. The Morgan fingerprint density at radius 2 is 2.25 bits per heavy atom. The van der Waals surface area contributed by atoms with Crippen LogP contribution in [0, 0.1) is 24.1 Å². The number of hydrogen-bond donors (Lipinski definition) is 1. The van der Waals surface area contributed by atoms with Crippen LogP contribution >= 0.6 is 11.3 Å². The van der Waals surface area contributed by atoms with Crippen LogP contribution in [0.3, 0.4) is 0 Å². The van der Waals surface area contributed by atoms with Crippen LogP contribution in [0.1, 0.15) is 34.0 Å². The van der Waals surface area contributed by atoms with Gasteiger partial charge in [-0.25, -0.2) is 9.37 Å². The van der Waals surface area contributed by atoms with Crippen LogP contribution in [0.5, 0.6) is 0 Å². The number of thiazole rings is 1. The molecule has 1 unspecified atom stereocenters. The molecular formula is C17H15FN4OS. The summed E-state index contributed by atoms with van der Waals surface area (Å²) in [6.45, 7) is 3.95. The Kier molecular flexibility index (Phi) is 4.42. The number of benzene rings is 1. The molecule has 122 valence electrons. The fourth-order valence-corrected chi connectivity index (χ4v) is 3.48. The SMILES string of the molecule is Cc1nc(-c2ccc(F)cc2C(C)O)c(Cn2cc(C#N)cn2)s1. The predicted octanol–water partition coefficient (Wildman–Crippen LogP) is 3.43. The van der Waals surface area contributed by atoms with Crippen molar-refractivity contribution in [2.45, 2.75) is 26.5 Å². The second-order valence-electron chi connectivity index (χ2n) is 5.45. The van der Waals surface area contributed by atoms with E-state index in [1.807, 2.05) is 13.0 Å². The smallest absolute Gasteiger partial charge is 0.123 e. The van der Waals surface area contributed by atoms with Gasteiger partial charge in [0.2, 0.25) is 0 Å². The zero-order chi connectivity index (χ0) is 17.3. The first kappa shape index (κ1) is 16.3. The highest BCUT2D eigenvalue weighted by Gasteiger charge is 2.18. The summed E-state index contributed by atoms with van der Waals surface area (Å²) < 4.78 is 15.2. The van der Waals surface area contributed by atoms with Crippen LogP contribution in [-0.4, -0.2) is 19.9 Å². The van der Waals surface area contributed by atoms with Gasteiger partial charge in [-0.1, -0.05) is 0 Å². The Labute approximate surface area is 142 Å². The lowest BCUT2D eigenvalue weighted by Crippen LogP contribution is -2.02. The van der Waals surface area contributed by atoms with Crippen LogP contribution in [0.4, 0.5) is 4.39 Å². The van der Waals surface area contributed by atoms with Crippen molar-refractivity contribution < 1.29 is 9.50 Å². The molecule has 1 N–H and O–H groups in total. The maximum Gasteiger partial charge on any atom is 0.123 e. The van der Waals surface area contributed by atoms with Crippen molar-refractivity contribution in [3.8, 4) is 17.3 Å². The van der Waals surface area contributed by atoms with Gasteiger partial charge in [0.05, 0.1) is 40.0 Å². The van der Waals surface area contributed by atoms with Crippen molar-refractivity contribution in [3.63, 3.8) is 0 Å². The molecule has 7 heteroatoms. The largest absolute Gasteiger partial charge is 0.389 e. The molecule has 0 radical (unpaired) electrons. The molecule has 0 amide bonds. The number of aliphatic hydroxyl groups is 1. The predicted molar refractivity (Wildman–Crippen MR) is 88.9 cm³/mol. The van der Waals surface area contributed by atoms with Crippen molar-refractivity contribution in [2.24, 2.45) is 0 Å². The normalized spacial score (nSPS) is 12.1. The van der Waals surface area contributed by atoms with E-state index in [9.17, 15) is 9.50 Å². The third-order valence-corrected chi connectivity index (χ3v) is 4.55. The molecule has 0 aliphatic heterocycles. The summed E-state index contributed by atoms with van der Waals surface area (Å²) in [4.78, 5) is 5.49. The van der Waals surface area contributed by atoms with Crippen LogP contribution < -0.4 is 0 Å². The van der Waals surface area contributed by atoms with Crippen molar-refractivity contribution in [3.05, 3.63) is 57.4 Å². The van der Waals surface area contributed by atoms with Crippen LogP contribution in [-0.2, 0) is 6.54 Å². The number of nitriles is 1. The fourth-order valence-electron chi connectivity index (χ4n) is 2.54. The fraction of sp³-hybridized carbons (Fsp3) is 0.235. The van der Waals surface area contributed by atoms with E-state index in [-0.39, 0.29) is 0 Å². The molecule has 1 atom stereocenters. The standard InChI is InChI=1S/C17H15FN4OS/c1-10(23)15-5-13(18)3-4-14(15)17-16(24-11(2)21-17)9-22-8-12(6-19)7-20-22/h3-5,7-8,10,23H,9H2,1-2H3. The molecule has 0 aliphatic carbocycles. The third-order valence-electron chi connectivity index (χ3n) is 3.59. The van der Waals surface area contributed by atoms with E-state index < -0.39 is 11.9 Å². The van der Waals surface area contributed by atoms with Crippen LogP contribution in [0.25, 0.3) is 11.3 Å². The zero-order valence-electron chi connectivity index (χ0n) is 13.2. The maximum atomic E-state index is 13.5. The number of nitrogens with zero attached hydrogens (tertiary/aromatic N) is 4. The van der Waals surface area contributed by atoms with Gasteiger partial charge >= 0.3 is 0 Å². The molecular weight excluding hydrogens is 327 g/mol. The molecule has 0 saturated heterocycles. The molecule has 0 saturated carbocycles. The first-order valence-corrected chi connectivity index (χ1v) is 8.16. The third kappa shape index (κ3) is 3.20. The average Bonchev–Trinajstić information content (AvgIpc) is 3.14. The Balaban J connectivity index is 2.05. The number of aliphatic hydroxyl groups excluding tert-OH is 1. The lowest BCUT2D eigenvalue weighted by atomic mass is 9.99. The molecule has 5 nitrogen and oxygen atoms in total. The van der Waals surface area contributed by atoms with E-state index in [1.54, 1.807) is 23.9 Å². The quantitative estimate of drug-likeness (QED) is 0.788. The highest BCUT2D eigenvalue weighted by atomic mass is 32.1. The molecule has 2 aromatic heterocycles. The Bertz CT molecular complexity index is 923. The summed E-state index contributed by atoms with van der Waals surface area (Å²) in [6, 6.07) is 6.38. The topological polar surface area (TPSA) is 74.7 Å². The van der Waals surface area contributed by atoms with Crippen molar-refractivity contribution >= 4 is 11.3 Å². The van der Waals surface area contributed by atoms with Gasteiger partial charge in [0.1, 0.15) is 11.9 Å². The molecule has 3 rings (SSSR count). The summed E-state index contributed by atoms with van der Waals surface area (Å²) in [5, 5.41) is 23.9. The molecule has 24 heavy (non-hydrogen) atoms. The highest BCUT2D eigenvalue weighted by Crippen LogP contribution is 2.34. The minimum atomic E-state index is -0.805. The van der Waals surface area contributed by atoms with E-state index in [4.69, 9.17) is 5.26 Å². The van der Waals surface area contributed by atoms with Gasteiger partial charge in [0.25, 0.3) is 0 Å². The molecule has 0 bridgehead atoms. The van der Waals surface area contributed by atoms with Gasteiger partial charge in [-0.05, 0) is 37.6 Å². The van der Waals surface area contributed by atoms with Gasteiger partial charge in [0, 0.05) is 11.8 Å². The van der Waals surface area contributed by atoms with Gasteiger partial charge in [0.15, 0.2) is 0 Å². The van der Waals surface area contributed by atoms with Crippen LogP contribution in [0.15, 0.2) is 30.6 Å². The van der Waals surface area contributed by atoms with Crippen molar-refractivity contribution in [2.75, 3.05) is 0 Å². The second-order valence-corrected chi connectivity index (χ2v) is 6.74. The van der Waals surface area contributed by atoms with Gasteiger partial charge in [-0.15, -0.1) is 11.3 Å². The number of aryl methyl sites for hydroxylation is 1. The monoisotopic (exact) mass is 342 g/mol. The molecule has 0 fully saturated rings. The number of halogens is 1. The van der Waals surface area contributed by atoms with E-state index in [2.05, 4.69) is 10.1 Å². The van der Waals surface area contributed by atoms with Gasteiger partial charge in [-0.3, -0.25) is 4.68 Å². The van der Waals surface area contributed by atoms with E-state index in [1.165, 1.54) is 29.7 Å². The van der Waals surface area contributed by atoms with E-state index in [0.717, 1.165) is 9.88 Å². The van der Waals surface area contributed by atoms with Gasteiger partial charge < -0.3 is 5.11 Å². The first-order chi connectivity index (χ1) is 11.5. The minimum Gasteiger partial charge on any atom is -0.389 e. The number of aromatic nitrogens is 3. The maximum absolute atomic E-state index is 13.5. The lowest BCUT2D eigenvalue weighted by molar-refractivity contribution is 0.199. The summed E-state index contributed by atoms with van der Waals surface area (Å²) in [7, 11) is 0. The Morgan fingerprint density at radius 3 is 2.92 bits per heavy atom. The molecule has 0 aliphatic rings. The molecule has 1 aromatic carbocycles. The molecule has 2 heterocycles. The summed E-state index contributed by atoms with van der Waals surface area (Å²) >= 11 is 1.52. The summed E-state index contributed by atoms with van der Waals surface area (Å²) in [5.74, 6) is -0.395. The van der Waals surface area contributed by atoms with Crippen molar-refractivity contribution in [1.82, 2.24) is 14.8 Å². The zero-order valence-corrected chi connectivity index (χ0v) is 14.0. The molecule has 0 spiro atoms. The second kappa shape index (κ2) is 6.51. The lowest BCUT2D eigenvalue weighted by Gasteiger charge is -2.12. The van der Waals surface area contributed by atoms with Crippen molar-refractivity contribution in [1.29, 1.82) is 5.26 Å².